The Hall–Kier alpha value is -2.14. The van der Waals surface area contributed by atoms with Crippen molar-refractivity contribution in [2.45, 2.75) is 6.92 Å². The molecule has 0 radical (unpaired) electrons. The van der Waals surface area contributed by atoms with Gasteiger partial charge >= 0.3 is 5.97 Å². The predicted octanol–water partition coefficient (Wildman–Crippen LogP) is 4.26. The number of oxazole rings is 1. The molecule has 5 heteroatoms. The normalized spacial score (nSPS) is 10.9. The maximum atomic E-state index is 11.2. The first kappa shape index (κ1) is 12.9. The van der Waals surface area contributed by atoms with E-state index < -0.39 is 5.97 Å². The van der Waals surface area contributed by atoms with Gasteiger partial charge in [0.15, 0.2) is 5.58 Å². The predicted molar refractivity (Wildman–Crippen MR) is 78.8 cm³/mol. The first-order valence-corrected chi connectivity index (χ1v) is 6.75. The number of carboxylic acids is 1. The molecule has 3 aromatic rings. The third-order valence-corrected chi connectivity index (χ3v) is 4.00. The van der Waals surface area contributed by atoms with Gasteiger partial charge in [-0.3, -0.25) is 0 Å². The molecule has 20 heavy (non-hydrogen) atoms. The third-order valence-electron chi connectivity index (χ3n) is 3.14. The summed E-state index contributed by atoms with van der Waals surface area (Å²) in [5.41, 5.74) is 2.80. The van der Waals surface area contributed by atoms with E-state index in [4.69, 9.17) is 9.52 Å². The summed E-state index contributed by atoms with van der Waals surface area (Å²) in [6.45, 7) is 1.95. The molecule has 1 N–H and O–H groups in total. The molecule has 1 aromatic heterocycles. The van der Waals surface area contributed by atoms with Gasteiger partial charge in [-0.25, -0.2) is 9.78 Å². The van der Waals surface area contributed by atoms with Gasteiger partial charge < -0.3 is 9.52 Å². The molecule has 3 rings (SSSR count). The maximum absolute atomic E-state index is 11.2. The zero-order valence-electron chi connectivity index (χ0n) is 10.6. The van der Waals surface area contributed by atoms with Crippen LogP contribution in [0.4, 0.5) is 0 Å². The Kier molecular flexibility index (Phi) is 3.06. The molecule has 100 valence electrons. The second-order valence-corrected chi connectivity index (χ2v) is 5.24. The minimum absolute atomic E-state index is 0.119. The van der Waals surface area contributed by atoms with Crippen molar-refractivity contribution in [1.82, 2.24) is 4.98 Å². The fourth-order valence-electron chi connectivity index (χ4n) is 2.07. The molecule has 0 unspecified atom stereocenters. The highest BCUT2D eigenvalue weighted by Gasteiger charge is 2.16. The Morgan fingerprint density at radius 2 is 2.00 bits per heavy atom. The highest BCUT2D eigenvalue weighted by atomic mass is 79.9. The van der Waals surface area contributed by atoms with E-state index in [1.807, 2.05) is 25.1 Å². The number of hydrogen-bond acceptors (Lipinski definition) is 3. The van der Waals surface area contributed by atoms with Crippen LogP contribution in [0.5, 0.6) is 0 Å². The lowest BCUT2D eigenvalue weighted by molar-refractivity contribution is 0.0698. The number of rotatable bonds is 2. The quantitative estimate of drug-likeness (QED) is 0.761. The average Bonchev–Trinajstić information content (AvgIpc) is 2.84. The molecule has 0 spiro atoms. The first-order chi connectivity index (χ1) is 9.58. The van der Waals surface area contributed by atoms with Crippen molar-refractivity contribution in [2.75, 3.05) is 0 Å². The Morgan fingerprint density at radius 3 is 2.75 bits per heavy atom. The van der Waals surface area contributed by atoms with Crippen LogP contribution in [0, 0.1) is 6.92 Å². The second kappa shape index (κ2) is 4.76. The lowest BCUT2D eigenvalue weighted by Crippen LogP contribution is -1.95. The fourth-order valence-corrected chi connectivity index (χ4v) is 2.44. The van der Waals surface area contributed by atoms with E-state index in [1.165, 1.54) is 6.07 Å². The van der Waals surface area contributed by atoms with Crippen molar-refractivity contribution < 1.29 is 14.3 Å². The number of carboxylic acid groups (broad SMARTS) is 1. The van der Waals surface area contributed by atoms with Gasteiger partial charge in [-0.15, -0.1) is 0 Å². The zero-order chi connectivity index (χ0) is 14.3. The lowest BCUT2D eigenvalue weighted by Gasteiger charge is -2.02. The summed E-state index contributed by atoms with van der Waals surface area (Å²) in [6.07, 6.45) is 0. The average molecular weight is 332 g/mol. The van der Waals surface area contributed by atoms with E-state index in [-0.39, 0.29) is 5.56 Å². The van der Waals surface area contributed by atoms with Crippen molar-refractivity contribution in [3.63, 3.8) is 0 Å². The van der Waals surface area contributed by atoms with Crippen LogP contribution in [0.25, 0.3) is 22.6 Å². The van der Waals surface area contributed by atoms with E-state index in [0.717, 1.165) is 15.6 Å². The smallest absolute Gasteiger partial charge is 0.339 e. The number of fused-ring (bicyclic) bond motifs is 1. The minimum Gasteiger partial charge on any atom is -0.478 e. The maximum Gasteiger partial charge on any atom is 0.339 e. The van der Waals surface area contributed by atoms with Crippen molar-refractivity contribution >= 4 is 33.0 Å². The van der Waals surface area contributed by atoms with Crippen LogP contribution in [-0.2, 0) is 0 Å². The molecule has 0 amide bonds. The SMILES string of the molecule is Cc1c(Br)cccc1-c1nc2cccc(C(=O)O)c2o1. The van der Waals surface area contributed by atoms with Gasteiger partial charge in [-0.05, 0) is 36.8 Å². The number of benzene rings is 2. The van der Waals surface area contributed by atoms with Gasteiger partial charge in [-0.2, -0.15) is 0 Å². The molecular formula is C15H10BrNO3. The molecule has 0 atom stereocenters. The van der Waals surface area contributed by atoms with E-state index in [9.17, 15) is 4.79 Å². The highest BCUT2D eigenvalue weighted by Crippen LogP contribution is 2.31. The number of aromatic carboxylic acids is 1. The summed E-state index contributed by atoms with van der Waals surface area (Å²) in [4.78, 5) is 15.6. The van der Waals surface area contributed by atoms with Crippen LogP contribution in [-0.4, -0.2) is 16.1 Å². The van der Waals surface area contributed by atoms with E-state index in [1.54, 1.807) is 12.1 Å². The summed E-state index contributed by atoms with van der Waals surface area (Å²) in [5.74, 6) is -0.600. The number of carbonyl (C=O) groups is 1. The highest BCUT2D eigenvalue weighted by molar-refractivity contribution is 9.10. The van der Waals surface area contributed by atoms with Crippen LogP contribution in [0.1, 0.15) is 15.9 Å². The molecule has 0 saturated heterocycles. The molecule has 0 aliphatic heterocycles. The monoisotopic (exact) mass is 331 g/mol. The zero-order valence-corrected chi connectivity index (χ0v) is 12.1. The van der Waals surface area contributed by atoms with Crippen LogP contribution in [0.3, 0.4) is 0 Å². The van der Waals surface area contributed by atoms with Crippen LogP contribution in [0.15, 0.2) is 45.3 Å². The van der Waals surface area contributed by atoms with Gasteiger partial charge in [0.05, 0.1) is 0 Å². The summed E-state index contributed by atoms with van der Waals surface area (Å²) in [7, 11) is 0. The number of halogens is 1. The fraction of sp³-hybridized carbons (Fsp3) is 0.0667. The standard InChI is InChI=1S/C15H10BrNO3/c1-8-9(4-2-6-11(8)16)14-17-12-7-3-5-10(15(18)19)13(12)20-14/h2-7H,1H3,(H,18,19). The van der Waals surface area contributed by atoms with E-state index in [0.29, 0.717) is 17.0 Å². The first-order valence-electron chi connectivity index (χ1n) is 5.96. The molecule has 0 fully saturated rings. The topological polar surface area (TPSA) is 63.3 Å². The van der Waals surface area contributed by atoms with Crippen molar-refractivity contribution in [2.24, 2.45) is 0 Å². The Morgan fingerprint density at radius 1 is 1.25 bits per heavy atom. The summed E-state index contributed by atoms with van der Waals surface area (Å²) < 4.78 is 6.62. The molecule has 0 aliphatic rings. The van der Waals surface area contributed by atoms with Crippen molar-refractivity contribution in [1.29, 1.82) is 0 Å². The molecular weight excluding hydrogens is 322 g/mol. The number of nitrogens with zero attached hydrogens (tertiary/aromatic N) is 1. The van der Waals surface area contributed by atoms with Crippen molar-refractivity contribution in [3.05, 3.63) is 52.0 Å². The minimum atomic E-state index is -1.02. The Balaban J connectivity index is 2.26. The number of para-hydroxylation sites is 1. The molecule has 1 heterocycles. The van der Waals surface area contributed by atoms with Gasteiger partial charge in [0.1, 0.15) is 11.1 Å². The van der Waals surface area contributed by atoms with Gasteiger partial charge in [0.25, 0.3) is 0 Å². The molecule has 0 bridgehead atoms. The Bertz CT molecular complexity index is 823. The molecule has 4 nitrogen and oxygen atoms in total. The number of hydrogen-bond donors (Lipinski definition) is 1. The largest absolute Gasteiger partial charge is 0.478 e. The van der Waals surface area contributed by atoms with E-state index in [2.05, 4.69) is 20.9 Å². The van der Waals surface area contributed by atoms with E-state index >= 15 is 0 Å². The van der Waals surface area contributed by atoms with Crippen LogP contribution < -0.4 is 0 Å². The molecule has 0 aliphatic carbocycles. The summed E-state index contributed by atoms with van der Waals surface area (Å²) >= 11 is 3.46. The molecule has 0 saturated carbocycles. The third kappa shape index (κ3) is 2.00. The van der Waals surface area contributed by atoms with Gasteiger partial charge in [0, 0.05) is 10.0 Å². The molecule has 2 aromatic carbocycles. The van der Waals surface area contributed by atoms with Gasteiger partial charge in [-0.1, -0.05) is 28.1 Å². The van der Waals surface area contributed by atoms with Gasteiger partial charge in [0.2, 0.25) is 5.89 Å². The lowest BCUT2D eigenvalue weighted by atomic mass is 10.1. The van der Waals surface area contributed by atoms with Crippen LogP contribution >= 0.6 is 15.9 Å². The second-order valence-electron chi connectivity index (χ2n) is 4.39. The summed E-state index contributed by atoms with van der Waals surface area (Å²) in [6, 6.07) is 10.6. The van der Waals surface area contributed by atoms with Crippen LogP contribution in [0.2, 0.25) is 0 Å². The van der Waals surface area contributed by atoms with Crippen molar-refractivity contribution in [3.8, 4) is 11.5 Å². The summed E-state index contributed by atoms with van der Waals surface area (Å²) in [5, 5.41) is 9.17. The Labute approximate surface area is 123 Å². The number of aromatic nitrogens is 1.